The number of hydrogen-bond donors (Lipinski definition) is 2. The first-order chi connectivity index (χ1) is 11.4. The molecule has 0 bridgehead atoms. The zero-order chi connectivity index (χ0) is 17.2. The first-order valence-electron chi connectivity index (χ1n) is 7.89. The van der Waals surface area contributed by atoms with E-state index in [1.807, 2.05) is 30.5 Å². The minimum absolute atomic E-state index is 0.00302. The first kappa shape index (κ1) is 16.9. The smallest absolute Gasteiger partial charge is 0.217 e. The number of hydrogen-bond acceptors (Lipinski definition) is 5. The number of benzene rings is 1. The Morgan fingerprint density at radius 2 is 1.96 bits per heavy atom. The van der Waals surface area contributed by atoms with Gasteiger partial charge in [0.15, 0.2) is 0 Å². The van der Waals surface area contributed by atoms with E-state index in [1.54, 1.807) is 14.1 Å². The van der Waals surface area contributed by atoms with E-state index in [4.69, 9.17) is 0 Å². The van der Waals surface area contributed by atoms with Gasteiger partial charge in [0.05, 0.1) is 5.75 Å². The Kier molecular flexibility index (Phi) is 4.84. The fourth-order valence-electron chi connectivity index (χ4n) is 2.60. The van der Waals surface area contributed by atoms with E-state index < -0.39 is 10.0 Å². The van der Waals surface area contributed by atoms with Crippen molar-refractivity contribution in [3.63, 3.8) is 0 Å². The molecule has 0 spiro atoms. The SMILES string of the molecule is CN(C)S(=O)(=O)Cc1ccc(Nc2cc3c(cn2)CCNC3)cc1. The van der Waals surface area contributed by atoms with Gasteiger partial charge in [0.1, 0.15) is 5.82 Å². The highest BCUT2D eigenvalue weighted by molar-refractivity contribution is 7.88. The molecule has 2 N–H and O–H groups in total. The lowest BCUT2D eigenvalue weighted by atomic mass is 10.0. The molecule has 128 valence electrons. The Balaban J connectivity index is 1.70. The molecule has 1 aromatic heterocycles. The summed E-state index contributed by atoms with van der Waals surface area (Å²) in [6.07, 6.45) is 2.94. The average Bonchev–Trinajstić information content (AvgIpc) is 2.56. The summed E-state index contributed by atoms with van der Waals surface area (Å²) >= 11 is 0. The first-order valence-corrected chi connectivity index (χ1v) is 9.50. The van der Waals surface area contributed by atoms with Crippen molar-refractivity contribution in [1.82, 2.24) is 14.6 Å². The van der Waals surface area contributed by atoms with E-state index in [2.05, 4.69) is 21.7 Å². The van der Waals surface area contributed by atoms with Crippen LogP contribution in [0.15, 0.2) is 36.5 Å². The van der Waals surface area contributed by atoms with Crippen molar-refractivity contribution in [2.75, 3.05) is 26.0 Å². The fourth-order valence-corrected chi connectivity index (χ4v) is 3.47. The average molecular weight is 346 g/mol. The second kappa shape index (κ2) is 6.88. The van der Waals surface area contributed by atoms with Crippen LogP contribution < -0.4 is 10.6 Å². The third-order valence-corrected chi connectivity index (χ3v) is 5.91. The van der Waals surface area contributed by atoms with Gasteiger partial charge in [-0.1, -0.05) is 12.1 Å². The van der Waals surface area contributed by atoms with Crippen molar-refractivity contribution in [1.29, 1.82) is 0 Å². The largest absolute Gasteiger partial charge is 0.340 e. The molecule has 0 saturated carbocycles. The molecular weight excluding hydrogens is 324 g/mol. The van der Waals surface area contributed by atoms with Gasteiger partial charge >= 0.3 is 0 Å². The van der Waals surface area contributed by atoms with Gasteiger partial charge in [-0.15, -0.1) is 0 Å². The predicted octanol–water partition coefficient (Wildman–Crippen LogP) is 1.86. The van der Waals surface area contributed by atoms with Crippen LogP contribution in [0.25, 0.3) is 0 Å². The molecule has 3 rings (SSSR count). The fraction of sp³-hybridized carbons (Fsp3) is 0.353. The molecule has 0 fully saturated rings. The molecule has 2 heterocycles. The topological polar surface area (TPSA) is 74.3 Å². The van der Waals surface area contributed by atoms with Crippen molar-refractivity contribution < 1.29 is 8.42 Å². The van der Waals surface area contributed by atoms with Gasteiger partial charge in [-0.05, 0) is 47.9 Å². The third kappa shape index (κ3) is 3.92. The molecular formula is C17H22N4O2S. The molecule has 0 unspecified atom stereocenters. The lowest BCUT2D eigenvalue weighted by Gasteiger charge is -2.17. The standard InChI is InChI=1S/C17H22N4O2S/c1-21(2)24(22,23)12-13-3-5-16(6-4-13)20-17-9-15-10-18-8-7-14(15)11-19-17/h3-6,9,11,18H,7-8,10,12H2,1-2H3,(H,19,20). The van der Waals surface area contributed by atoms with Crippen LogP contribution in [0.2, 0.25) is 0 Å². The molecule has 24 heavy (non-hydrogen) atoms. The summed E-state index contributed by atoms with van der Waals surface area (Å²) in [5, 5.41) is 6.62. The summed E-state index contributed by atoms with van der Waals surface area (Å²) in [7, 11) is -0.153. The number of nitrogens with zero attached hydrogens (tertiary/aromatic N) is 2. The second-order valence-electron chi connectivity index (χ2n) is 6.13. The molecule has 1 aromatic carbocycles. The summed E-state index contributed by atoms with van der Waals surface area (Å²) in [6.45, 7) is 1.87. The zero-order valence-corrected chi connectivity index (χ0v) is 14.7. The van der Waals surface area contributed by atoms with Gasteiger partial charge in [-0.3, -0.25) is 0 Å². The van der Waals surface area contributed by atoms with Crippen LogP contribution in [-0.2, 0) is 28.7 Å². The third-order valence-electron chi connectivity index (χ3n) is 4.10. The Morgan fingerprint density at radius 3 is 2.67 bits per heavy atom. The Bertz CT molecular complexity index is 817. The number of rotatable bonds is 5. The number of anilines is 2. The molecule has 1 aliphatic heterocycles. The number of aromatic nitrogens is 1. The van der Waals surface area contributed by atoms with Crippen molar-refractivity contribution >= 4 is 21.5 Å². The Labute approximate surface area is 143 Å². The maximum Gasteiger partial charge on any atom is 0.217 e. The van der Waals surface area contributed by atoms with Crippen molar-refractivity contribution in [3.8, 4) is 0 Å². The van der Waals surface area contributed by atoms with Crippen molar-refractivity contribution in [2.45, 2.75) is 18.7 Å². The molecule has 6 nitrogen and oxygen atoms in total. The van der Waals surface area contributed by atoms with E-state index in [1.165, 1.54) is 15.4 Å². The number of nitrogens with one attached hydrogen (secondary N) is 2. The summed E-state index contributed by atoms with van der Waals surface area (Å²) in [5.41, 5.74) is 4.21. The molecule has 0 radical (unpaired) electrons. The number of sulfonamides is 1. The van der Waals surface area contributed by atoms with Crippen molar-refractivity contribution in [2.24, 2.45) is 0 Å². The van der Waals surface area contributed by atoms with Gasteiger partial charge in [-0.25, -0.2) is 17.7 Å². The molecule has 0 atom stereocenters. The van der Waals surface area contributed by atoms with Crippen LogP contribution in [0.3, 0.4) is 0 Å². The van der Waals surface area contributed by atoms with Gasteiger partial charge in [0.25, 0.3) is 0 Å². The highest BCUT2D eigenvalue weighted by Gasteiger charge is 2.14. The Morgan fingerprint density at radius 1 is 1.21 bits per heavy atom. The van der Waals surface area contributed by atoms with E-state index >= 15 is 0 Å². The van der Waals surface area contributed by atoms with Crippen LogP contribution in [-0.4, -0.2) is 38.3 Å². The molecule has 0 saturated heterocycles. The quantitative estimate of drug-likeness (QED) is 0.864. The highest BCUT2D eigenvalue weighted by atomic mass is 32.2. The molecule has 0 amide bonds. The monoisotopic (exact) mass is 346 g/mol. The Hall–Kier alpha value is -1.96. The minimum Gasteiger partial charge on any atom is -0.340 e. The van der Waals surface area contributed by atoms with Crippen LogP contribution in [0, 0.1) is 0 Å². The van der Waals surface area contributed by atoms with Gasteiger partial charge in [-0.2, -0.15) is 0 Å². The minimum atomic E-state index is -3.24. The molecule has 7 heteroatoms. The normalized spacial score (nSPS) is 14.5. The van der Waals surface area contributed by atoms with Crippen LogP contribution >= 0.6 is 0 Å². The highest BCUT2D eigenvalue weighted by Crippen LogP contribution is 2.20. The van der Waals surface area contributed by atoms with E-state index in [0.717, 1.165) is 36.6 Å². The lowest BCUT2D eigenvalue weighted by Crippen LogP contribution is -2.23. The van der Waals surface area contributed by atoms with Crippen LogP contribution in [0.1, 0.15) is 16.7 Å². The van der Waals surface area contributed by atoms with E-state index in [0.29, 0.717) is 0 Å². The number of pyridine rings is 1. The van der Waals surface area contributed by atoms with E-state index in [-0.39, 0.29) is 5.75 Å². The summed E-state index contributed by atoms with van der Waals surface area (Å²) in [6, 6.07) is 9.46. The predicted molar refractivity (Wildman–Crippen MR) is 95.7 cm³/mol. The lowest BCUT2D eigenvalue weighted by molar-refractivity contribution is 0.520. The second-order valence-corrected chi connectivity index (χ2v) is 8.31. The molecule has 0 aliphatic carbocycles. The maximum atomic E-state index is 11.9. The van der Waals surface area contributed by atoms with Crippen molar-refractivity contribution in [3.05, 3.63) is 53.2 Å². The van der Waals surface area contributed by atoms with Crippen LogP contribution in [0.5, 0.6) is 0 Å². The molecule has 1 aliphatic rings. The van der Waals surface area contributed by atoms with Gasteiger partial charge in [0.2, 0.25) is 10.0 Å². The van der Waals surface area contributed by atoms with Gasteiger partial charge in [0, 0.05) is 32.5 Å². The maximum absolute atomic E-state index is 11.9. The summed E-state index contributed by atoms with van der Waals surface area (Å²) < 4.78 is 25.1. The summed E-state index contributed by atoms with van der Waals surface area (Å²) in [5.74, 6) is 0.800. The summed E-state index contributed by atoms with van der Waals surface area (Å²) in [4.78, 5) is 4.45. The van der Waals surface area contributed by atoms with E-state index in [9.17, 15) is 8.42 Å². The number of fused-ring (bicyclic) bond motifs is 1. The zero-order valence-electron chi connectivity index (χ0n) is 13.9. The van der Waals surface area contributed by atoms with Crippen LogP contribution in [0.4, 0.5) is 11.5 Å². The van der Waals surface area contributed by atoms with Gasteiger partial charge < -0.3 is 10.6 Å². The molecule has 2 aromatic rings.